The smallest absolute Gasteiger partial charge is 0.206 e. The lowest BCUT2D eigenvalue weighted by Crippen LogP contribution is -2.59. The van der Waals surface area contributed by atoms with E-state index in [1.807, 2.05) is 36.4 Å². The number of aliphatic hydroxyl groups is 1. The largest absolute Gasteiger partial charge is 0.342 e. The van der Waals surface area contributed by atoms with Gasteiger partial charge in [-0.3, -0.25) is 0 Å². The highest BCUT2D eigenvalue weighted by molar-refractivity contribution is 5.48. The first-order valence-electron chi connectivity index (χ1n) is 3.53. The van der Waals surface area contributed by atoms with Crippen molar-refractivity contribution in [3.8, 4) is 0 Å². The van der Waals surface area contributed by atoms with Crippen molar-refractivity contribution >= 4 is 6.08 Å². The molecule has 1 rings (SSSR count). The fraction of sp³-hybridized carbons (Fsp3) is 0.111. The Labute approximate surface area is 66.0 Å². The first kappa shape index (κ1) is 7.98. The molecule has 58 valence electrons. The summed E-state index contributed by atoms with van der Waals surface area (Å²) in [4.78, 5) is 0. The van der Waals surface area contributed by atoms with Crippen LogP contribution in [-0.4, -0.2) is 11.3 Å². The van der Waals surface area contributed by atoms with Gasteiger partial charge in [-0.1, -0.05) is 36.4 Å². The van der Waals surface area contributed by atoms with Crippen LogP contribution in [0.5, 0.6) is 0 Å². The van der Waals surface area contributed by atoms with Crippen molar-refractivity contribution in [1.82, 2.24) is 0 Å². The number of aliphatic hydroxyl groups excluding tert-OH is 1. The Kier molecular flexibility index (Phi) is 2.83. The second kappa shape index (κ2) is 3.91. The Hall–Kier alpha value is -1.12. The minimum Gasteiger partial charge on any atom is -0.342 e. The van der Waals surface area contributed by atoms with E-state index in [4.69, 9.17) is 5.11 Å². The van der Waals surface area contributed by atoms with Crippen molar-refractivity contribution in [2.24, 2.45) is 0 Å². The molecule has 11 heavy (non-hydrogen) atoms. The third-order valence-corrected chi connectivity index (χ3v) is 1.31. The molecular formula is C9H12NO+. The maximum atomic E-state index is 8.82. The van der Waals surface area contributed by atoms with Crippen LogP contribution in [0.25, 0.3) is 6.08 Å². The zero-order chi connectivity index (χ0) is 8.10. The lowest BCUT2D eigenvalue weighted by Gasteiger charge is -1.91. The summed E-state index contributed by atoms with van der Waals surface area (Å²) in [6.45, 7) is 0. The van der Waals surface area contributed by atoms with Crippen molar-refractivity contribution in [1.29, 1.82) is 0 Å². The van der Waals surface area contributed by atoms with Crippen LogP contribution in [0.2, 0.25) is 0 Å². The van der Waals surface area contributed by atoms with Crippen LogP contribution in [0.1, 0.15) is 5.56 Å². The molecule has 0 saturated heterocycles. The van der Waals surface area contributed by atoms with Gasteiger partial charge in [0.05, 0.1) is 0 Å². The van der Waals surface area contributed by atoms with Gasteiger partial charge < -0.3 is 10.8 Å². The summed E-state index contributed by atoms with van der Waals surface area (Å²) in [7, 11) is 0. The minimum atomic E-state index is -0.616. The fourth-order valence-corrected chi connectivity index (χ4v) is 0.786. The molecule has 0 fully saturated rings. The van der Waals surface area contributed by atoms with Crippen LogP contribution in [0.3, 0.4) is 0 Å². The number of quaternary nitrogens is 1. The van der Waals surface area contributed by atoms with Gasteiger partial charge in [0.15, 0.2) is 0 Å². The zero-order valence-electron chi connectivity index (χ0n) is 6.27. The van der Waals surface area contributed by atoms with E-state index in [0.29, 0.717) is 0 Å². The van der Waals surface area contributed by atoms with Gasteiger partial charge in [0.1, 0.15) is 0 Å². The predicted octanol–water partition coefficient (Wildman–Crippen LogP) is 0.260. The molecule has 0 aromatic heterocycles. The highest BCUT2D eigenvalue weighted by atomic mass is 16.3. The molecule has 0 saturated carbocycles. The Morgan fingerprint density at radius 3 is 2.45 bits per heavy atom. The van der Waals surface area contributed by atoms with Crippen molar-refractivity contribution in [3.05, 3.63) is 42.0 Å². The van der Waals surface area contributed by atoms with E-state index >= 15 is 0 Å². The highest BCUT2D eigenvalue weighted by Gasteiger charge is 1.88. The minimum absolute atomic E-state index is 0.616. The first-order valence-corrected chi connectivity index (χ1v) is 3.53. The molecule has 0 heterocycles. The maximum absolute atomic E-state index is 8.82. The summed E-state index contributed by atoms with van der Waals surface area (Å²) < 4.78 is 0. The average Bonchev–Trinajstić information content (AvgIpc) is 2.03. The van der Waals surface area contributed by atoms with Gasteiger partial charge in [-0.15, -0.1) is 0 Å². The third-order valence-electron chi connectivity index (χ3n) is 1.31. The molecule has 0 radical (unpaired) electrons. The lowest BCUT2D eigenvalue weighted by atomic mass is 10.2. The Balaban J connectivity index is 2.65. The number of rotatable bonds is 2. The van der Waals surface area contributed by atoms with E-state index in [9.17, 15) is 0 Å². The van der Waals surface area contributed by atoms with Gasteiger partial charge in [0.2, 0.25) is 6.23 Å². The summed E-state index contributed by atoms with van der Waals surface area (Å²) >= 11 is 0. The van der Waals surface area contributed by atoms with Crippen molar-refractivity contribution in [3.63, 3.8) is 0 Å². The van der Waals surface area contributed by atoms with E-state index in [0.717, 1.165) is 5.56 Å². The second-order valence-electron chi connectivity index (χ2n) is 2.34. The molecule has 0 amide bonds. The Bertz CT molecular complexity index is 229. The Morgan fingerprint density at radius 2 is 1.91 bits per heavy atom. The van der Waals surface area contributed by atoms with Crippen LogP contribution in [-0.2, 0) is 0 Å². The SMILES string of the molecule is [NH3+]C(O)/C=C/c1ccccc1. The second-order valence-corrected chi connectivity index (χ2v) is 2.34. The van der Waals surface area contributed by atoms with Crippen LogP contribution in [0, 0.1) is 0 Å². The van der Waals surface area contributed by atoms with Gasteiger partial charge in [-0.05, 0) is 5.56 Å². The summed E-state index contributed by atoms with van der Waals surface area (Å²) in [5.74, 6) is 0. The number of benzene rings is 1. The molecule has 1 atom stereocenters. The molecule has 2 heteroatoms. The maximum Gasteiger partial charge on any atom is 0.206 e. The lowest BCUT2D eigenvalue weighted by molar-refractivity contribution is -0.463. The third kappa shape index (κ3) is 2.98. The normalized spacial score (nSPS) is 13.6. The van der Waals surface area contributed by atoms with Gasteiger partial charge >= 0.3 is 0 Å². The molecule has 1 aromatic carbocycles. The Morgan fingerprint density at radius 1 is 1.27 bits per heavy atom. The van der Waals surface area contributed by atoms with Gasteiger partial charge in [-0.2, -0.15) is 0 Å². The van der Waals surface area contributed by atoms with Crippen molar-refractivity contribution in [2.45, 2.75) is 6.23 Å². The first-order chi connectivity index (χ1) is 5.29. The molecule has 2 nitrogen and oxygen atoms in total. The van der Waals surface area contributed by atoms with Crippen LogP contribution in [0.15, 0.2) is 36.4 Å². The summed E-state index contributed by atoms with van der Waals surface area (Å²) in [6, 6.07) is 9.81. The molecule has 0 spiro atoms. The summed E-state index contributed by atoms with van der Waals surface area (Å²) in [6.07, 6.45) is 2.88. The van der Waals surface area contributed by atoms with E-state index in [1.165, 1.54) is 0 Å². The monoisotopic (exact) mass is 150 g/mol. The topological polar surface area (TPSA) is 47.9 Å². The molecule has 1 unspecified atom stereocenters. The van der Waals surface area contributed by atoms with Crippen LogP contribution >= 0.6 is 0 Å². The zero-order valence-corrected chi connectivity index (χ0v) is 6.27. The molecule has 4 N–H and O–H groups in total. The highest BCUT2D eigenvalue weighted by Crippen LogP contribution is 2.00. The van der Waals surface area contributed by atoms with E-state index in [1.54, 1.807) is 6.08 Å². The van der Waals surface area contributed by atoms with E-state index < -0.39 is 6.23 Å². The van der Waals surface area contributed by atoms with Gasteiger partial charge in [-0.25, -0.2) is 0 Å². The molecule has 0 aliphatic carbocycles. The summed E-state index contributed by atoms with van der Waals surface area (Å²) in [5, 5.41) is 8.82. The number of hydrogen-bond donors (Lipinski definition) is 2. The molecule has 1 aromatic rings. The van der Waals surface area contributed by atoms with Gasteiger partial charge in [0.25, 0.3) is 0 Å². The van der Waals surface area contributed by atoms with Gasteiger partial charge in [0, 0.05) is 6.08 Å². The average molecular weight is 150 g/mol. The van der Waals surface area contributed by atoms with Crippen molar-refractivity contribution in [2.75, 3.05) is 0 Å². The van der Waals surface area contributed by atoms with E-state index in [-0.39, 0.29) is 0 Å². The summed E-state index contributed by atoms with van der Waals surface area (Å²) in [5.41, 5.74) is 4.50. The van der Waals surface area contributed by atoms with Crippen molar-refractivity contribution < 1.29 is 10.8 Å². The number of hydrogen-bond acceptors (Lipinski definition) is 1. The molecule has 0 bridgehead atoms. The van der Waals surface area contributed by atoms with E-state index in [2.05, 4.69) is 5.73 Å². The fourth-order valence-electron chi connectivity index (χ4n) is 0.786. The quantitative estimate of drug-likeness (QED) is 0.584. The predicted molar refractivity (Wildman–Crippen MR) is 44.4 cm³/mol. The van der Waals surface area contributed by atoms with Crippen LogP contribution < -0.4 is 5.73 Å². The molecule has 0 aliphatic rings. The van der Waals surface area contributed by atoms with Crippen LogP contribution in [0.4, 0.5) is 0 Å². The standard InChI is InChI=1S/C9H11NO/c10-9(11)7-6-8-4-2-1-3-5-8/h1-7,9,11H,10H2/p+1/b7-6+. The molecule has 0 aliphatic heterocycles. The molecular weight excluding hydrogens is 138 g/mol.